The van der Waals surface area contributed by atoms with Gasteiger partial charge in [-0.15, -0.1) is 39.7 Å². The number of rotatable bonds is 0. The molecule has 0 atom stereocenters. The van der Waals surface area contributed by atoms with Gasteiger partial charge in [0, 0.05) is 0 Å². The predicted molar refractivity (Wildman–Crippen MR) is 63.5 cm³/mol. The molecule has 3 rings (SSSR count). The van der Waals surface area contributed by atoms with Crippen LogP contribution in [0.4, 0.5) is 0 Å². The first-order valence-electron chi connectivity index (χ1n) is 4.48. The Hall–Kier alpha value is -0.0536. The summed E-state index contributed by atoms with van der Waals surface area (Å²) in [6.45, 7) is 0. The van der Waals surface area contributed by atoms with Crippen molar-refractivity contribution in [3.05, 3.63) is 62.0 Å². The first kappa shape index (κ1) is 13.0. The van der Waals surface area contributed by atoms with Crippen LogP contribution in [-0.2, 0) is 0 Å². The van der Waals surface area contributed by atoms with Crippen molar-refractivity contribution in [1.82, 2.24) is 0 Å². The summed E-state index contributed by atoms with van der Waals surface area (Å²) in [5.41, 5.74) is 0. The molecule has 0 bridgehead atoms. The van der Waals surface area contributed by atoms with Gasteiger partial charge in [0.05, 0.1) is 0 Å². The fourth-order valence-electron chi connectivity index (χ4n) is 1.90. The van der Waals surface area contributed by atoms with E-state index in [0.717, 1.165) is 0 Å². The second-order valence-electron chi connectivity index (χ2n) is 3.32. The van der Waals surface area contributed by atoms with Gasteiger partial charge in [-0.2, -0.15) is 0 Å². The van der Waals surface area contributed by atoms with Crippen LogP contribution >= 0.6 is 0 Å². The van der Waals surface area contributed by atoms with Crippen LogP contribution in [-0.4, -0.2) is 0 Å². The van der Waals surface area contributed by atoms with Crippen molar-refractivity contribution < 1.29 is 51.4 Å². The average Bonchev–Trinajstić information content (AvgIpc) is 2.56. The van der Waals surface area contributed by atoms with E-state index >= 15 is 0 Å². The van der Waals surface area contributed by atoms with Gasteiger partial charge in [-0.05, 0) is 0 Å². The molecular formula is C14H12K-. The molecule has 0 saturated carbocycles. The Balaban J connectivity index is 0.000000562. The molecule has 0 amide bonds. The van der Waals surface area contributed by atoms with Gasteiger partial charge in [-0.3, -0.25) is 0 Å². The van der Waals surface area contributed by atoms with Gasteiger partial charge in [0.1, 0.15) is 0 Å². The topological polar surface area (TPSA) is 0 Å². The Labute approximate surface area is 133 Å². The van der Waals surface area contributed by atoms with Gasteiger partial charge in [0.25, 0.3) is 0 Å². The van der Waals surface area contributed by atoms with E-state index in [0.29, 0.717) is 0 Å². The molecule has 0 aliphatic heterocycles. The first-order valence-corrected chi connectivity index (χ1v) is 4.48. The summed E-state index contributed by atoms with van der Waals surface area (Å²) >= 11 is 0. The van der Waals surface area contributed by atoms with E-state index in [1.807, 2.05) is 0 Å². The first-order chi connectivity index (χ1) is 6.45. The second-order valence-corrected chi connectivity index (χ2v) is 3.32. The van der Waals surface area contributed by atoms with Crippen molar-refractivity contribution in [2.24, 2.45) is 0 Å². The maximum absolute atomic E-state index is 2.24. The monoisotopic (exact) mass is 219 g/mol. The molecule has 3 aromatic rings. The normalized spacial score (nSPS) is 9.60. The van der Waals surface area contributed by atoms with Gasteiger partial charge in [0.15, 0.2) is 0 Å². The molecule has 0 saturated heterocycles. The van der Waals surface area contributed by atoms with E-state index < -0.39 is 0 Å². The zero-order valence-corrected chi connectivity index (χ0v) is 12.3. The van der Waals surface area contributed by atoms with E-state index in [9.17, 15) is 0 Å². The molecular weight excluding hydrogens is 207 g/mol. The zero-order valence-electron chi connectivity index (χ0n) is 9.20. The summed E-state index contributed by atoms with van der Waals surface area (Å²) in [4.78, 5) is 0. The van der Waals surface area contributed by atoms with Gasteiger partial charge in [-0.1, -0.05) is 36.4 Å². The van der Waals surface area contributed by atoms with Crippen molar-refractivity contribution in [2.75, 3.05) is 0 Å². The fraction of sp³-hybridized carbons (Fsp3) is 0. The Kier molecular flexibility index (Phi) is 4.62. The van der Waals surface area contributed by atoms with Crippen LogP contribution in [0.2, 0.25) is 0 Å². The average molecular weight is 219 g/mol. The summed E-state index contributed by atoms with van der Waals surface area (Å²) < 4.78 is 0. The largest absolute Gasteiger partial charge is 1.00 e. The van der Waals surface area contributed by atoms with Crippen molar-refractivity contribution in [3.63, 3.8) is 0 Å². The number of fused-ring (bicyclic) bond motifs is 3. The minimum atomic E-state index is 0. The van der Waals surface area contributed by atoms with Gasteiger partial charge < -0.3 is 7.43 Å². The smallest absolute Gasteiger partial charge is 0.358 e. The molecule has 0 aromatic heterocycles. The Morgan fingerprint density at radius 1 is 0.667 bits per heavy atom. The van der Waals surface area contributed by atoms with E-state index in [1.165, 1.54) is 21.5 Å². The minimum absolute atomic E-state index is 0. The molecule has 3 aromatic carbocycles. The van der Waals surface area contributed by atoms with Crippen LogP contribution in [0.25, 0.3) is 21.5 Å². The molecule has 0 N–H and O–H groups in total. The van der Waals surface area contributed by atoms with Crippen LogP contribution in [0.15, 0.2) is 54.6 Å². The van der Waals surface area contributed by atoms with Crippen molar-refractivity contribution >= 4 is 21.5 Å². The van der Waals surface area contributed by atoms with Crippen molar-refractivity contribution in [2.45, 2.75) is 0 Å². The van der Waals surface area contributed by atoms with Crippen LogP contribution in [0.3, 0.4) is 0 Å². The van der Waals surface area contributed by atoms with Gasteiger partial charge in [0.2, 0.25) is 0 Å². The standard InChI is InChI=1S/C13H9.CH3.K/c1-3-7-12-10(5-1)9-11-6-2-4-8-13(11)12;;/h1-9H;1H3;/q2*-1;+1. The Morgan fingerprint density at radius 2 is 1.07 bits per heavy atom. The molecule has 0 heterocycles. The Morgan fingerprint density at radius 3 is 1.53 bits per heavy atom. The molecule has 0 fully saturated rings. The fourth-order valence-corrected chi connectivity index (χ4v) is 1.90. The summed E-state index contributed by atoms with van der Waals surface area (Å²) in [5, 5.41) is 5.39. The number of hydrogen-bond donors (Lipinski definition) is 0. The van der Waals surface area contributed by atoms with Crippen LogP contribution in [0, 0.1) is 7.43 Å². The third-order valence-corrected chi connectivity index (χ3v) is 2.52. The number of benzene rings is 2. The third kappa shape index (κ3) is 2.22. The molecule has 0 aliphatic carbocycles. The third-order valence-electron chi connectivity index (χ3n) is 2.52. The van der Waals surface area contributed by atoms with Crippen molar-refractivity contribution in [3.8, 4) is 0 Å². The quantitative estimate of drug-likeness (QED) is 0.393. The molecule has 0 aliphatic rings. The molecule has 1 heteroatoms. The van der Waals surface area contributed by atoms with Gasteiger partial charge >= 0.3 is 51.4 Å². The molecule has 0 radical (unpaired) electrons. The SMILES string of the molecule is [CH3-].[K+].c1ccc2c(c1)[cH-]c1ccccc12. The van der Waals surface area contributed by atoms with E-state index in [2.05, 4.69) is 54.6 Å². The summed E-state index contributed by atoms with van der Waals surface area (Å²) in [6, 6.07) is 19.3. The van der Waals surface area contributed by atoms with E-state index in [4.69, 9.17) is 0 Å². The summed E-state index contributed by atoms with van der Waals surface area (Å²) in [5.74, 6) is 0. The second kappa shape index (κ2) is 5.33. The molecule has 0 nitrogen and oxygen atoms in total. The number of hydrogen-bond acceptors (Lipinski definition) is 0. The van der Waals surface area contributed by atoms with E-state index in [1.54, 1.807) is 0 Å². The maximum Gasteiger partial charge on any atom is 1.00 e. The van der Waals surface area contributed by atoms with Crippen LogP contribution in [0.1, 0.15) is 0 Å². The van der Waals surface area contributed by atoms with Crippen molar-refractivity contribution in [1.29, 1.82) is 0 Å². The summed E-state index contributed by atoms with van der Waals surface area (Å²) in [7, 11) is 0. The minimum Gasteiger partial charge on any atom is -0.358 e. The predicted octanol–water partition coefficient (Wildman–Crippen LogP) is 1.17. The maximum atomic E-state index is 2.24. The molecule has 0 unspecified atom stereocenters. The van der Waals surface area contributed by atoms with Crippen LogP contribution in [0.5, 0.6) is 0 Å². The summed E-state index contributed by atoms with van der Waals surface area (Å²) in [6.07, 6.45) is 0. The van der Waals surface area contributed by atoms with E-state index in [-0.39, 0.29) is 58.8 Å². The molecule has 0 spiro atoms. The van der Waals surface area contributed by atoms with Crippen LogP contribution < -0.4 is 51.4 Å². The zero-order chi connectivity index (χ0) is 8.67. The van der Waals surface area contributed by atoms with Gasteiger partial charge in [-0.25, -0.2) is 0 Å². The Bertz CT molecular complexity index is 513. The molecule has 15 heavy (non-hydrogen) atoms. The molecule has 70 valence electrons.